The fourth-order valence-electron chi connectivity index (χ4n) is 1.63. The maximum Gasteiger partial charge on any atom is 0.383 e. The molecule has 88 valence electrons. The smallest absolute Gasteiger partial charge is 0.383 e. The van der Waals surface area contributed by atoms with Crippen LogP contribution in [0.25, 0.3) is 5.76 Å². The van der Waals surface area contributed by atoms with E-state index in [0.29, 0.717) is 11.5 Å². The minimum atomic E-state index is -0.458. The normalized spacial score (nSPS) is 12.9. The molecule has 0 aromatic heterocycles. The Morgan fingerprint density at radius 2 is 1.50 bits per heavy atom. The molecule has 0 unspecified atom stereocenters. The number of rotatable bonds is 3. The molecule has 3 nitrogen and oxygen atoms in total. The first-order valence-electron chi connectivity index (χ1n) is 5.59. The van der Waals surface area contributed by atoms with Gasteiger partial charge in [-0.25, -0.2) is 4.79 Å². The summed E-state index contributed by atoms with van der Waals surface area (Å²) in [4.78, 5) is 11.8. The van der Waals surface area contributed by atoms with E-state index in [1.54, 1.807) is 12.1 Å². The molecule has 3 rings (SSSR count). The lowest BCUT2D eigenvalue weighted by Crippen LogP contribution is -2.05. The molecule has 0 saturated heterocycles. The van der Waals surface area contributed by atoms with Gasteiger partial charge in [0.1, 0.15) is 5.75 Å². The molecule has 1 aliphatic heterocycles. The number of carbonyl (C=O) groups excluding carboxylic acids is 1. The maximum atomic E-state index is 11.8. The highest BCUT2D eigenvalue weighted by Crippen LogP contribution is 2.36. The van der Waals surface area contributed by atoms with Crippen LogP contribution < -0.4 is 4.74 Å². The predicted molar refractivity (Wildman–Crippen MR) is 66.5 cm³/mol. The second kappa shape index (κ2) is 4.37. The van der Waals surface area contributed by atoms with E-state index in [4.69, 9.17) is 9.47 Å². The summed E-state index contributed by atoms with van der Waals surface area (Å²) in [6.45, 7) is 0. The van der Waals surface area contributed by atoms with E-state index in [-0.39, 0.29) is 5.76 Å². The van der Waals surface area contributed by atoms with Gasteiger partial charge in [0.2, 0.25) is 0 Å². The van der Waals surface area contributed by atoms with Gasteiger partial charge >= 0.3 is 5.97 Å². The van der Waals surface area contributed by atoms with Crippen molar-refractivity contribution in [3.8, 4) is 5.75 Å². The third-order valence-electron chi connectivity index (χ3n) is 2.54. The highest BCUT2D eigenvalue weighted by atomic mass is 16.6. The van der Waals surface area contributed by atoms with Crippen molar-refractivity contribution in [2.24, 2.45) is 0 Å². The van der Waals surface area contributed by atoms with Gasteiger partial charge in [0, 0.05) is 5.56 Å². The molecule has 0 radical (unpaired) electrons. The number of hydrogen-bond acceptors (Lipinski definition) is 3. The first-order valence-corrected chi connectivity index (χ1v) is 5.59. The number of carbonyl (C=O) groups is 1. The second-order valence-electron chi connectivity index (χ2n) is 3.83. The van der Waals surface area contributed by atoms with Crippen molar-refractivity contribution in [2.45, 2.75) is 0 Å². The van der Waals surface area contributed by atoms with Gasteiger partial charge in [0.05, 0.1) is 0 Å². The molecule has 0 aliphatic carbocycles. The predicted octanol–water partition coefficient (Wildman–Crippen LogP) is 2.99. The lowest BCUT2D eigenvalue weighted by Gasteiger charge is -1.98. The number of hydrogen-bond donors (Lipinski definition) is 0. The van der Waals surface area contributed by atoms with Crippen molar-refractivity contribution in [3.05, 3.63) is 72.0 Å². The Kier molecular flexibility index (Phi) is 2.57. The third kappa shape index (κ3) is 2.11. The highest BCUT2D eigenvalue weighted by molar-refractivity contribution is 6.02. The van der Waals surface area contributed by atoms with E-state index >= 15 is 0 Å². The van der Waals surface area contributed by atoms with Crippen molar-refractivity contribution in [1.29, 1.82) is 0 Å². The van der Waals surface area contributed by atoms with E-state index in [0.717, 1.165) is 5.56 Å². The van der Waals surface area contributed by atoms with Crippen LogP contribution in [0, 0.1) is 0 Å². The van der Waals surface area contributed by atoms with Crippen LogP contribution in [-0.4, -0.2) is 5.97 Å². The zero-order chi connectivity index (χ0) is 12.4. The summed E-state index contributed by atoms with van der Waals surface area (Å²) < 4.78 is 10.4. The molecule has 0 bridgehead atoms. The van der Waals surface area contributed by atoms with Gasteiger partial charge < -0.3 is 9.47 Å². The van der Waals surface area contributed by atoms with Gasteiger partial charge in [-0.3, -0.25) is 0 Å². The number of benzene rings is 2. The summed E-state index contributed by atoms with van der Waals surface area (Å²) in [5.74, 6) is 0.930. The molecule has 2 aromatic carbocycles. The van der Waals surface area contributed by atoms with Gasteiger partial charge in [-0.1, -0.05) is 48.5 Å². The molecule has 2 aromatic rings. The van der Waals surface area contributed by atoms with Crippen LogP contribution in [0.15, 0.2) is 66.4 Å². The van der Waals surface area contributed by atoms with Gasteiger partial charge in [0.15, 0.2) is 5.76 Å². The van der Waals surface area contributed by atoms with Crippen molar-refractivity contribution in [2.75, 3.05) is 0 Å². The number of para-hydroxylation sites is 1. The molecule has 0 atom stereocenters. The molecular formula is C15H10O3. The maximum absolute atomic E-state index is 11.8. The first kappa shape index (κ1) is 10.6. The summed E-state index contributed by atoms with van der Waals surface area (Å²) in [5, 5.41) is 0. The quantitative estimate of drug-likeness (QED) is 0.609. The summed E-state index contributed by atoms with van der Waals surface area (Å²) in [6, 6.07) is 18.4. The Balaban J connectivity index is 1.75. The number of esters is 1. The number of ether oxygens (including phenoxy) is 2. The molecular weight excluding hydrogens is 228 g/mol. The Morgan fingerprint density at radius 1 is 0.889 bits per heavy atom. The largest absolute Gasteiger partial charge is 0.441 e. The zero-order valence-electron chi connectivity index (χ0n) is 9.50. The SMILES string of the molecule is O=C(Oc1ccccc1)C1=C(c2ccccc2)O1. The summed E-state index contributed by atoms with van der Waals surface area (Å²) in [7, 11) is 0. The van der Waals surface area contributed by atoms with Crippen LogP contribution in [-0.2, 0) is 9.53 Å². The first-order chi connectivity index (χ1) is 8.84. The molecule has 3 heteroatoms. The zero-order valence-corrected chi connectivity index (χ0v) is 9.50. The van der Waals surface area contributed by atoms with Crippen LogP contribution in [0.2, 0.25) is 0 Å². The molecule has 0 fully saturated rings. The van der Waals surface area contributed by atoms with Gasteiger partial charge in [0.25, 0.3) is 5.76 Å². The average Bonchev–Trinajstić information content (AvgIpc) is 3.21. The Hall–Kier alpha value is -2.55. The minimum absolute atomic E-state index is 0.282. The van der Waals surface area contributed by atoms with E-state index in [1.807, 2.05) is 48.5 Å². The molecule has 0 N–H and O–H groups in total. The fraction of sp³-hybridized carbons (Fsp3) is 0. The van der Waals surface area contributed by atoms with Crippen LogP contribution in [0.5, 0.6) is 5.75 Å². The van der Waals surface area contributed by atoms with E-state index in [1.165, 1.54) is 0 Å². The summed E-state index contributed by atoms with van der Waals surface area (Å²) in [6.07, 6.45) is 0. The monoisotopic (exact) mass is 238 g/mol. The summed E-state index contributed by atoms with van der Waals surface area (Å²) in [5.41, 5.74) is 0.887. The van der Waals surface area contributed by atoms with Crippen molar-refractivity contribution >= 4 is 11.7 Å². The lowest BCUT2D eigenvalue weighted by molar-refractivity contribution is -0.131. The van der Waals surface area contributed by atoms with E-state index in [2.05, 4.69) is 0 Å². The Bertz CT molecular complexity index is 600. The van der Waals surface area contributed by atoms with Gasteiger partial charge in [-0.05, 0) is 12.1 Å². The van der Waals surface area contributed by atoms with Crippen molar-refractivity contribution in [1.82, 2.24) is 0 Å². The average molecular weight is 238 g/mol. The highest BCUT2D eigenvalue weighted by Gasteiger charge is 2.35. The van der Waals surface area contributed by atoms with Crippen LogP contribution in [0.1, 0.15) is 5.56 Å². The van der Waals surface area contributed by atoms with Crippen molar-refractivity contribution in [3.63, 3.8) is 0 Å². The topological polar surface area (TPSA) is 38.8 Å². The molecule has 0 amide bonds. The Morgan fingerprint density at radius 3 is 2.17 bits per heavy atom. The fourth-order valence-corrected chi connectivity index (χ4v) is 1.63. The van der Waals surface area contributed by atoms with Gasteiger partial charge in [-0.15, -0.1) is 0 Å². The molecule has 18 heavy (non-hydrogen) atoms. The molecule has 1 heterocycles. The minimum Gasteiger partial charge on any atom is -0.441 e. The van der Waals surface area contributed by atoms with E-state index < -0.39 is 5.97 Å². The van der Waals surface area contributed by atoms with Crippen molar-refractivity contribution < 1.29 is 14.3 Å². The second-order valence-corrected chi connectivity index (χ2v) is 3.83. The van der Waals surface area contributed by atoms with E-state index in [9.17, 15) is 4.79 Å². The van der Waals surface area contributed by atoms with Crippen LogP contribution in [0.4, 0.5) is 0 Å². The molecule has 1 aliphatic rings. The summed E-state index contributed by atoms with van der Waals surface area (Å²) >= 11 is 0. The third-order valence-corrected chi connectivity index (χ3v) is 2.54. The van der Waals surface area contributed by atoms with Gasteiger partial charge in [-0.2, -0.15) is 0 Å². The lowest BCUT2D eigenvalue weighted by atomic mass is 10.2. The standard InChI is InChI=1S/C15H10O3/c16-15(17-12-9-5-2-6-10-12)14-13(18-14)11-7-3-1-4-8-11/h1-10H. The van der Waals surface area contributed by atoms with Crippen LogP contribution >= 0.6 is 0 Å². The van der Waals surface area contributed by atoms with Crippen LogP contribution in [0.3, 0.4) is 0 Å². The Labute approximate surface area is 104 Å². The molecule has 0 saturated carbocycles. The molecule has 0 spiro atoms.